The smallest absolute Gasteiger partial charge is 0.235 e. The van der Waals surface area contributed by atoms with Crippen molar-refractivity contribution in [2.24, 2.45) is 0 Å². The molecule has 2 aromatic rings. The molecule has 4 aliphatic rings. The number of hydrogen-bond acceptors (Lipinski definition) is 6. The summed E-state index contributed by atoms with van der Waals surface area (Å²) in [6, 6.07) is 7.67. The number of carbonyl (C=O) groups is 2. The lowest BCUT2D eigenvalue weighted by atomic mass is 9.73. The van der Waals surface area contributed by atoms with Gasteiger partial charge in [-0.2, -0.15) is 0 Å². The van der Waals surface area contributed by atoms with Crippen molar-refractivity contribution in [2.75, 3.05) is 36.5 Å². The molecule has 2 amide bonds. The molecule has 0 atom stereocenters. The van der Waals surface area contributed by atoms with Crippen molar-refractivity contribution < 1.29 is 19.4 Å². The summed E-state index contributed by atoms with van der Waals surface area (Å²) in [7, 11) is 0. The molecular formula is C26H29ClN4O4. The molecule has 35 heavy (non-hydrogen) atoms. The number of rotatable bonds is 5. The maximum Gasteiger partial charge on any atom is 0.235 e. The summed E-state index contributed by atoms with van der Waals surface area (Å²) in [6.45, 7) is 2.92. The van der Waals surface area contributed by atoms with E-state index in [4.69, 9.17) is 16.3 Å². The number of aromatic nitrogens is 1. The largest absolute Gasteiger partial charge is 0.491 e. The van der Waals surface area contributed by atoms with Crippen molar-refractivity contribution >= 4 is 34.9 Å². The van der Waals surface area contributed by atoms with Gasteiger partial charge in [0.2, 0.25) is 11.8 Å². The zero-order valence-electron chi connectivity index (χ0n) is 19.5. The van der Waals surface area contributed by atoms with E-state index in [0.29, 0.717) is 48.9 Å². The molecule has 1 aromatic heterocycles. The fourth-order valence-electron chi connectivity index (χ4n) is 5.92. The molecule has 1 saturated carbocycles. The molecule has 9 heteroatoms. The number of pyridine rings is 1. The zero-order valence-corrected chi connectivity index (χ0v) is 20.3. The number of amides is 2. The van der Waals surface area contributed by atoms with Gasteiger partial charge >= 0.3 is 0 Å². The molecule has 1 aliphatic carbocycles. The number of nitrogens with zero attached hydrogens (tertiary/aromatic N) is 3. The quantitative estimate of drug-likeness (QED) is 0.661. The first kappa shape index (κ1) is 22.8. The molecule has 0 unspecified atom stereocenters. The number of hydrogen-bond donors (Lipinski definition) is 2. The number of nitrogens with one attached hydrogen (secondary N) is 1. The van der Waals surface area contributed by atoms with Crippen LogP contribution in [0.1, 0.15) is 43.2 Å². The summed E-state index contributed by atoms with van der Waals surface area (Å²) in [6.07, 6.45) is 5.23. The van der Waals surface area contributed by atoms with E-state index in [-0.39, 0.29) is 24.0 Å². The number of aliphatic hydroxyl groups is 1. The Morgan fingerprint density at radius 3 is 2.74 bits per heavy atom. The lowest BCUT2D eigenvalue weighted by Gasteiger charge is -2.42. The molecule has 6 rings (SSSR count). The van der Waals surface area contributed by atoms with Gasteiger partial charge in [-0.1, -0.05) is 11.6 Å². The van der Waals surface area contributed by atoms with Crippen LogP contribution in [0.4, 0.5) is 11.5 Å². The van der Waals surface area contributed by atoms with Crippen LogP contribution in [-0.4, -0.2) is 65.2 Å². The maximum atomic E-state index is 12.8. The average molecular weight is 497 g/mol. The Labute approximate surface area is 209 Å². The average Bonchev–Trinajstić information content (AvgIpc) is 3.09. The second-order valence-electron chi connectivity index (χ2n) is 10.1. The van der Waals surface area contributed by atoms with Crippen LogP contribution in [-0.2, 0) is 21.4 Å². The molecule has 2 N–H and O–H groups in total. The van der Waals surface area contributed by atoms with E-state index in [2.05, 4.69) is 15.2 Å². The second-order valence-corrected chi connectivity index (χ2v) is 10.5. The minimum Gasteiger partial charge on any atom is -0.491 e. The lowest BCUT2D eigenvalue weighted by molar-refractivity contribution is -0.122. The minimum absolute atomic E-state index is 0.0446. The third kappa shape index (κ3) is 3.97. The number of benzene rings is 1. The Balaban J connectivity index is 1.05. The van der Waals surface area contributed by atoms with Crippen LogP contribution in [0.3, 0.4) is 0 Å². The van der Waals surface area contributed by atoms with E-state index >= 15 is 0 Å². The zero-order chi connectivity index (χ0) is 24.2. The Hall–Kier alpha value is -2.68. The standard InChI is InChI=1S/C26H29ClN4O4/c27-17-2-3-22-21(12-17)26(25(34)29-22)5-7-30(8-6-26)9-10-35-20-11-16-1-4-23(33)31(24(16)28-15-20)18-13-19(32)14-18/h2-3,11-12,15,18-19,32H,1,4-10,13-14H2,(H,29,34)/t18-,19-. The highest BCUT2D eigenvalue weighted by Crippen LogP contribution is 2.45. The van der Waals surface area contributed by atoms with Gasteiger partial charge in [-0.3, -0.25) is 19.4 Å². The topological polar surface area (TPSA) is 95.0 Å². The molecule has 3 aliphatic heterocycles. The van der Waals surface area contributed by atoms with Gasteiger partial charge in [-0.05, 0) is 80.6 Å². The number of fused-ring (bicyclic) bond motifs is 3. The summed E-state index contributed by atoms with van der Waals surface area (Å²) in [4.78, 5) is 33.9. The normalized spacial score (nSPS) is 25.1. The van der Waals surface area contributed by atoms with Crippen molar-refractivity contribution in [3.05, 3.63) is 46.6 Å². The van der Waals surface area contributed by atoms with Crippen molar-refractivity contribution in [3.8, 4) is 5.75 Å². The van der Waals surface area contributed by atoms with Gasteiger partial charge in [-0.15, -0.1) is 0 Å². The number of likely N-dealkylation sites (tertiary alicyclic amines) is 1. The summed E-state index contributed by atoms with van der Waals surface area (Å²) < 4.78 is 6.02. The Morgan fingerprint density at radius 2 is 1.97 bits per heavy atom. The number of aliphatic hydroxyl groups excluding tert-OH is 1. The Kier molecular flexibility index (Phi) is 5.70. The number of halogens is 1. The highest BCUT2D eigenvalue weighted by Gasteiger charge is 2.48. The van der Waals surface area contributed by atoms with Crippen molar-refractivity contribution in [1.29, 1.82) is 0 Å². The first-order valence-corrected chi connectivity index (χ1v) is 12.8. The first-order valence-electron chi connectivity index (χ1n) is 12.4. The van der Waals surface area contributed by atoms with Crippen molar-refractivity contribution in [2.45, 2.75) is 56.1 Å². The fourth-order valence-corrected chi connectivity index (χ4v) is 6.09. The van der Waals surface area contributed by atoms with Crippen LogP contribution in [0.15, 0.2) is 30.5 Å². The van der Waals surface area contributed by atoms with Crippen LogP contribution in [0.2, 0.25) is 5.02 Å². The molecule has 8 nitrogen and oxygen atoms in total. The van der Waals surface area contributed by atoms with Crippen LogP contribution in [0.5, 0.6) is 5.75 Å². The van der Waals surface area contributed by atoms with E-state index in [1.807, 2.05) is 24.3 Å². The maximum absolute atomic E-state index is 12.8. The molecule has 1 aromatic carbocycles. The molecule has 2 fully saturated rings. The van der Waals surface area contributed by atoms with Gasteiger partial charge in [0, 0.05) is 29.7 Å². The predicted octanol–water partition coefficient (Wildman–Crippen LogP) is 2.90. The highest BCUT2D eigenvalue weighted by atomic mass is 35.5. The lowest BCUT2D eigenvalue weighted by Crippen LogP contribution is -2.52. The number of aryl methyl sites for hydroxylation is 1. The van der Waals surface area contributed by atoms with Gasteiger partial charge in [0.1, 0.15) is 18.2 Å². The fraction of sp³-hybridized carbons (Fsp3) is 0.500. The van der Waals surface area contributed by atoms with Gasteiger partial charge < -0.3 is 15.2 Å². The van der Waals surface area contributed by atoms with E-state index in [0.717, 1.165) is 49.3 Å². The number of ether oxygens (including phenoxy) is 1. The molecule has 0 radical (unpaired) electrons. The Morgan fingerprint density at radius 1 is 1.17 bits per heavy atom. The van der Waals surface area contributed by atoms with E-state index in [9.17, 15) is 14.7 Å². The molecule has 0 bridgehead atoms. The monoisotopic (exact) mass is 496 g/mol. The number of anilines is 2. The van der Waals surface area contributed by atoms with E-state index in [1.165, 1.54) is 0 Å². The van der Waals surface area contributed by atoms with Gasteiger partial charge in [0.05, 0.1) is 17.7 Å². The van der Waals surface area contributed by atoms with E-state index < -0.39 is 5.41 Å². The van der Waals surface area contributed by atoms with Crippen LogP contribution in [0, 0.1) is 0 Å². The van der Waals surface area contributed by atoms with Crippen LogP contribution < -0.4 is 15.0 Å². The molecule has 1 saturated heterocycles. The third-order valence-corrected chi connectivity index (χ3v) is 8.28. The summed E-state index contributed by atoms with van der Waals surface area (Å²) in [5.41, 5.74) is 2.44. The van der Waals surface area contributed by atoms with Crippen LogP contribution >= 0.6 is 11.6 Å². The summed E-state index contributed by atoms with van der Waals surface area (Å²) in [5, 5.41) is 13.3. The van der Waals surface area contributed by atoms with Crippen LogP contribution in [0.25, 0.3) is 0 Å². The van der Waals surface area contributed by atoms with Crippen molar-refractivity contribution in [3.63, 3.8) is 0 Å². The molecular weight excluding hydrogens is 468 g/mol. The number of piperidine rings is 1. The number of carbonyl (C=O) groups excluding carboxylic acids is 2. The third-order valence-electron chi connectivity index (χ3n) is 8.04. The van der Waals surface area contributed by atoms with Crippen molar-refractivity contribution in [1.82, 2.24) is 9.88 Å². The molecule has 1 spiro atoms. The van der Waals surface area contributed by atoms with Gasteiger partial charge in [0.15, 0.2) is 0 Å². The first-order chi connectivity index (χ1) is 16.9. The van der Waals surface area contributed by atoms with Gasteiger partial charge in [0.25, 0.3) is 0 Å². The minimum atomic E-state index is -0.486. The molecule has 184 valence electrons. The Bertz CT molecular complexity index is 1170. The predicted molar refractivity (Wildman–Crippen MR) is 132 cm³/mol. The van der Waals surface area contributed by atoms with E-state index in [1.54, 1.807) is 11.1 Å². The second kappa shape index (κ2) is 8.76. The highest BCUT2D eigenvalue weighted by molar-refractivity contribution is 6.31. The summed E-state index contributed by atoms with van der Waals surface area (Å²) in [5.74, 6) is 1.58. The summed E-state index contributed by atoms with van der Waals surface area (Å²) >= 11 is 6.22. The van der Waals surface area contributed by atoms with Gasteiger partial charge in [-0.25, -0.2) is 4.98 Å². The molecule has 4 heterocycles. The SMILES string of the molecule is O=C1CCc2cc(OCCN3CCC4(CC3)C(=O)Nc3ccc(Cl)cc34)cnc2N1[C@H]1C[C@H](O)C1.